The first-order valence-electron chi connectivity index (χ1n) is 8.41. The van der Waals surface area contributed by atoms with Crippen LogP contribution in [-0.2, 0) is 6.42 Å². The lowest BCUT2D eigenvalue weighted by Gasteiger charge is -2.21. The SMILES string of the molecule is Cc1cc(CC(C)(C)C)cc(C)c1-n1cnnc1-c1ccccc1. The van der Waals surface area contributed by atoms with Crippen LogP contribution in [0.1, 0.15) is 37.5 Å². The van der Waals surface area contributed by atoms with Crippen molar-refractivity contribution in [3.05, 3.63) is 65.5 Å². The molecular formula is C21H25N3. The lowest BCUT2D eigenvalue weighted by Crippen LogP contribution is -2.10. The molecule has 0 saturated carbocycles. The van der Waals surface area contributed by atoms with Crippen LogP contribution in [-0.4, -0.2) is 14.8 Å². The summed E-state index contributed by atoms with van der Waals surface area (Å²) in [5.74, 6) is 0.880. The van der Waals surface area contributed by atoms with Gasteiger partial charge in [-0.25, -0.2) is 0 Å². The number of aryl methyl sites for hydroxylation is 2. The first-order chi connectivity index (χ1) is 11.3. The summed E-state index contributed by atoms with van der Waals surface area (Å²) >= 11 is 0. The van der Waals surface area contributed by atoms with Gasteiger partial charge in [-0.1, -0.05) is 63.2 Å². The summed E-state index contributed by atoms with van der Waals surface area (Å²) in [5.41, 5.74) is 6.43. The summed E-state index contributed by atoms with van der Waals surface area (Å²) in [6, 6.07) is 14.8. The minimum Gasteiger partial charge on any atom is -0.281 e. The zero-order valence-corrected chi connectivity index (χ0v) is 15.2. The number of aromatic nitrogens is 3. The fraction of sp³-hybridized carbons (Fsp3) is 0.333. The van der Waals surface area contributed by atoms with Gasteiger partial charge >= 0.3 is 0 Å². The molecule has 0 N–H and O–H groups in total. The Balaban J connectivity index is 2.07. The highest BCUT2D eigenvalue weighted by atomic mass is 15.3. The summed E-state index contributed by atoms with van der Waals surface area (Å²) < 4.78 is 2.10. The second-order valence-electron chi connectivity index (χ2n) is 7.71. The third-order valence-electron chi connectivity index (χ3n) is 4.11. The molecule has 1 heterocycles. The van der Waals surface area contributed by atoms with Gasteiger partial charge in [-0.3, -0.25) is 4.57 Å². The number of benzene rings is 2. The van der Waals surface area contributed by atoms with Crippen molar-refractivity contribution in [3.8, 4) is 17.1 Å². The van der Waals surface area contributed by atoms with E-state index in [1.165, 1.54) is 22.4 Å². The van der Waals surface area contributed by atoms with Gasteiger partial charge in [0.25, 0.3) is 0 Å². The Morgan fingerprint density at radius 3 is 2.17 bits per heavy atom. The molecule has 24 heavy (non-hydrogen) atoms. The molecule has 1 aromatic heterocycles. The molecule has 124 valence electrons. The summed E-state index contributed by atoms with van der Waals surface area (Å²) in [6.45, 7) is 11.2. The van der Waals surface area contributed by atoms with E-state index in [1.807, 2.05) is 18.2 Å². The van der Waals surface area contributed by atoms with E-state index in [-0.39, 0.29) is 5.41 Å². The molecule has 3 heteroatoms. The molecule has 0 aliphatic heterocycles. The van der Waals surface area contributed by atoms with Gasteiger partial charge < -0.3 is 0 Å². The van der Waals surface area contributed by atoms with Crippen LogP contribution in [0, 0.1) is 19.3 Å². The second kappa shape index (κ2) is 6.23. The molecule has 0 bridgehead atoms. The Bertz CT molecular complexity index is 816. The van der Waals surface area contributed by atoms with Crippen LogP contribution in [0.2, 0.25) is 0 Å². The zero-order valence-electron chi connectivity index (χ0n) is 15.2. The quantitative estimate of drug-likeness (QED) is 0.669. The van der Waals surface area contributed by atoms with Crippen molar-refractivity contribution >= 4 is 0 Å². The fourth-order valence-electron chi connectivity index (χ4n) is 3.32. The zero-order chi connectivity index (χ0) is 17.3. The smallest absolute Gasteiger partial charge is 0.168 e. The molecule has 0 radical (unpaired) electrons. The second-order valence-corrected chi connectivity index (χ2v) is 7.71. The Morgan fingerprint density at radius 2 is 1.58 bits per heavy atom. The minimum atomic E-state index is 0.284. The summed E-state index contributed by atoms with van der Waals surface area (Å²) in [5, 5.41) is 8.49. The highest BCUT2D eigenvalue weighted by Gasteiger charge is 2.16. The monoisotopic (exact) mass is 319 g/mol. The van der Waals surface area contributed by atoms with Gasteiger partial charge in [0.05, 0.1) is 5.69 Å². The van der Waals surface area contributed by atoms with Crippen LogP contribution in [0.15, 0.2) is 48.8 Å². The number of hydrogen-bond donors (Lipinski definition) is 0. The lowest BCUT2D eigenvalue weighted by molar-refractivity contribution is 0.411. The standard InChI is InChI=1S/C21H25N3/c1-15-11-17(13-21(3,4)5)12-16(2)19(15)24-14-22-23-20(24)18-9-7-6-8-10-18/h6-12,14H,13H2,1-5H3. The highest BCUT2D eigenvalue weighted by molar-refractivity contribution is 5.60. The number of rotatable bonds is 3. The maximum absolute atomic E-state index is 4.34. The third kappa shape index (κ3) is 3.40. The van der Waals surface area contributed by atoms with Gasteiger partial charge in [-0.05, 0) is 42.4 Å². The Labute approximate surface area is 144 Å². The van der Waals surface area contributed by atoms with E-state index in [0.717, 1.165) is 17.8 Å². The van der Waals surface area contributed by atoms with Gasteiger partial charge in [-0.15, -0.1) is 10.2 Å². The van der Waals surface area contributed by atoms with Crippen molar-refractivity contribution in [3.63, 3.8) is 0 Å². The maximum atomic E-state index is 4.34. The van der Waals surface area contributed by atoms with Crippen molar-refractivity contribution in [1.82, 2.24) is 14.8 Å². The Hall–Kier alpha value is -2.42. The maximum Gasteiger partial charge on any atom is 0.168 e. The van der Waals surface area contributed by atoms with Crippen molar-refractivity contribution in [2.24, 2.45) is 5.41 Å². The van der Waals surface area contributed by atoms with Crippen LogP contribution < -0.4 is 0 Å². The van der Waals surface area contributed by atoms with Gasteiger partial charge in [0, 0.05) is 5.56 Å². The van der Waals surface area contributed by atoms with E-state index in [1.54, 1.807) is 6.33 Å². The summed E-state index contributed by atoms with van der Waals surface area (Å²) in [7, 11) is 0. The van der Waals surface area contributed by atoms with Crippen LogP contribution in [0.25, 0.3) is 17.1 Å². The average molecular weight is 319 g/mol. The average Bonchev–Trinajstić information content (AvgIpc) is 2.95. The molecule has 3 nitrogen and oxygen atoms in total. The van der Waals surface area contributed by atoms with E-state index >= 15 is 0 Å². The Morgan fingerprint density at radius 1 is 0.958 bits per heavy atom. The first-order valence-corrected chi connectivity index (χ1v) is 8.41. The topological polar surface area (TPSA) is 30.7 Å². The molecule has 0 aliphatic carbocycles. The largest absolute Gasteiger partial charge is 0.281 e. The van der Waals surface area contributed by atoms with Crippen LogP contribution in [0.4, 0.5) is 0 Å². The van der Waals surface area contributed by atoms with E-state index in [4.69, 9.17) is 0 Å². The molecule has 3 rings (SSSR count). The molecule has 0 amide bonds. The van der Waals surface area contributed by atoms with E-state index in [0.29, 0.717) is 0 Å². The predicted octanol–water partition coefficient (Wildman–Crippen LogP) is 5.14. The molecule has 0 saturated heterocycles. The molecule has 0 aliphatic rings. The molecule has 0 unspecified atom stereocenters. The van der Waals surface area contributed by atoms with Crippen LogP contribution in [0.3, 0.4) is 0 Å². The van der Waals surface area contributed by atoms with E-state index < -0.39 is 0 Å². The fourth-order valence-corrected chi connectivity index (χ4v) is 3.32. The first kappa shape index (κ1) is 16.4. The Kier molecular flexibility index (Phi) is 4.27. The normalized spacial score (nSPS) is 11.7. The van der Waals surface area contributed by atoms with E-state index in [2.05, 4.69) is 73.6 Å². The van der Waals surface area contributed by atoms with E-state index in [9.17, 15) is 0 Å². The van der Waals surface area contributed by atoms with Crippen molar-refractivity contribution < 1.29 is 0 Å². The molecule has 0 atom stereocenters. The van der Waals surface area contributed by atoms with Gasteiger partial charge in [0.15, 0.2) is 5.82 Å². The highest BCUT2D eigenvalue weighted by Crippen LogP contribution is 2.28. The van der Waals surface area contributed by atoms with Gasteiger partial charge in [0.2, 0.25) is 0 Å². The van der Waals surface area contributed by atoms with Crippen molar-refractivity contribution in [2.75, 3.05) is 0 Å². The number of nitrogens with zero attached hydrogens (tertiary/aromatic N) is 3. The van der Waals surface area contributed by atoms with Gasteiger partial charge in [-0.2, -0.15) is 0 Å². The van der Waals surface area contributed by atoms with Crippen molar-refractivity contribution in [1.29, 1.82) is 0 Å². The molecule has 3 aromatic rings. The van der Waals surface area contributed by atoms with Gasteiger partial charge in [0.1, 0.15) is 6.33 Å². The summed E-state index contributed by atoms with van der Waals surface area (Å²) in [4.78, 5) is 0. The number of hydrogen-bond acceptors (Lipinski definition) is 2. The molecule has 0 spiro atoms. The van der Waals surface area contributed by atoms with Crippen LogP contribution in [0.5, 0.6) is 0 Å². The molecule has 0 fully saturated rings. The molecular weight excluding hydrogens is 294 g/mol. The summed E-state index contributed by atoms with van der Waals surface area (Å²) in [6.07, 6.45) is 2.88. The third-order valence-corrected chi connectivity index (χ3v) is 4.11. The predicted molar refractivity (Wildman–Crippen MR) is 99.4 cm³/mol. The minimum absolute atomic E-state index is 0.284. The van der Waals surface area contributed by atoms with Crippen molar-refractivity contribution in [2.45, 2.75) is 41.0 Å². The van der Waals surface area contributed by atoms with Crippen LogP contribution >= 0.6 is 0 Å². The lowest BCUT2D eigenvalue weighted by atomic mass is 9.87. The molecule has 2 aromatic carbocycles.